The molecule has 1 aromatic heterocycles. The van der Waals surface area contributed by atoms with Crippen molar-refractivity contribution in [3.05, 3.63) is 52.2 Å². The van der Waals surface area contributed by atoms with Gasteiger partial charge in [0.25, 0.3) is 0 Å². The lowest BCUT2D eigenvalue weighted by atomic mass is 10.1. The Kier molecular flexibility index (Phi) is 7.26. The molecule has 2 rings (SSSR count). The second kappa shape index (κ2) is 9.45. The summed E-state index contributed by atoms with van der Waals surface area (Å²) in [5, 5.41) is 25.9. The first kappa shape index (κ1) is 17.7. The molecule has 5 heteroatoms. The lowest BCUT2D eigenvalue weighted by molar-refractivity contribution is 0.235. The van der Waals surface area contributed by atoms with Crippen molar-refractivity contribution in [2.75, 3.05) is 18.5 Å². The first-order valence-corrected chi connectivity index (χ1v) is 8.93. The summed E-state index contributed by atoms with van der Waals surface area (Å²) in [6.07, 6.45) is 2.97. The topological polar surface area (TPSA) is 68.1 Å². The second-order valence-corrected chi connectivity index (χ2v) is 6.50. The van der Waals surface area contributed by atoms with Crippen molar-refractivity contribution >= 4 is 22.9 Å². The Morgan fingerprint density at radius 1 is 1.30 bits per heavy atom. The summed E-state index contributed by atoms with van der Waals surface area (Å²) >= 11 is 1.56. The number of nitrogens with one attached hydrogen (secondary N) is 3. The maximum atomic E-state index is 9.29. The zero-order valence-electron chi connectivity index (χ0n) is 13.5. The Morgan fingerprint density at radius 2 is 2.17 bits per heavy atom. The maximum absolute atomic E-state index is 9.29. The summed E-state index contributed by atoms with van der Waals surface area (Å²) < 4.78 is 0. The number of rotatable bonds is 9. The van der Waals surface area contributed by atoms with Gasteiger partial charge in [0.05, 0.1) is 11.5 Å². The summed E-state index contributed by atoms with van der Waals surface area (Å²) in [6.45, 7) is 3.16. The third-order valence-corrected chi connectivity index (χ3v) is 4.56. The number of hydrogen-bond donors (Lipinski definition) is 4. The van der Waals surface area contributed by atoms with E-state index in [1.54, 1.807) is 11.3 Å². The molecule has 0 aliphatic rings. The number of anilines is 1. The SMILES string of the molecule is CCCC(CO)NCCc1cccc(NC(=N)c2cccs2)c1. The summed E-state index contributed by atoms with van der Waals surface area (Å²) in [7, 11) is 0. The first-order valence-electron chi connectivity index (χ1n) is 8.05. The van der Waals surface area contributed by atoms with Gasteiger partial charge < -0.3 is 15.7 Å². The van der Waals surface area contributed by atoms with Crippen molar-refractivity contribution in [3.63, 3.8) is 0 Å². The Hall–Kier alpha value is -1.69. The van der Waals surface area contributed by atoms with Crippen LogP contribution in [0, 0.1) is 5.41 Å². The minimum absolute atomic E-state index is 0.188. The fraction of sp³-hybridized carbons (Fsp3) is 0.389. The number of benzene rings is 1. The van der Waals surface area contributed by atoms with Crippen molar-refractivity contribution in [1.82, 2.24) is 5.32 Å². The number of hydrogen-bond acceptors (Lipinski definition) is 4. The van der Waals surface area contributed by atoms with E-state index in [9.17, 15) is 5.11 Å². The minimum atomic E-state index is 0.188. The Bertz CT molecular complexity index is 598. The molecule has 0 amide bonds. The Balaban J connectivity index is 1.86. The third kappa shape index (κ3) is 5.78. The summed E-state index contributed by atoms with van der Waals surface area (Å²) in [4.78, 5) is 0.933. The average molecular weight is 331 g/mol. The van der Waals surface area contributed by atoms with Crippen LogP contribution in [0.5, 0.6) is 0 Å². The molecule has 1 unspecified atom stereocenters. The van der Waals surface area contributed by atoms with Gasteiger partial charge >= 0.3 is 0 Å². The van der Waals surface area contributed by atoms with Crippen molar-refractivity contribution in [2.45, 2.75) is 32.2 Å². The van der Waals surface area contributed by atoms with Crippen LogP contribution in [0.15, 0.2) is 41.8 Å². The van der Waals surface area contributed by atoms with Crippen molar-refractivity contribution in [3.8, 4) is 0 Å². The largest absolute Gasteiger partial charge is 0.395 e. The normalized spacial score (nSPS) is 12.1. The van der Waals surface area contributed by atoms with Crippen molar-refractivity contribution < 1.29 is 5.11 Å². The monoisotopic (exact) mass is 331 g/mol. The lowest BCUT2D eigenvalue weighted by Crippen LogP contribution is -2.33. The Morgan fingerprint density at radius 3 is 2.87 bits per heavy atom. The molecule has 23 heavy (non-hydrogen) atoms. The molecular formula is C18H25N3OS. The van der Waals surface area contributed by atoms with Crippen LogP contribution < -0.4 is 10.6 Å². The van der Waals surface area contributed by atoms with Crippen LogP contribution in [0.4, 0.5) is 5.69 Å². The van der Waals surface area contributed by atoms with Crippen LogP contribution in [0.25, 0.3) is 0 Å². The molecule has 4 nitrogen and oxygen atoms in total. The van der Waals surface area contributed by atoms with E-state index in [2.05, 4.69) is 29.7 Å². The zero-order chi connectivity index (χ0) is 16.5. The summed E-state index contributed by atoms with van der Waals surface area (Å²) in [5.41, 5.74) is 2.16. The van der Waals surface area contributed by atoms with Gasteiger partial charge in [-0.25, -0.2) is 0 Å². The molecule has 0 spiro atoms. The van der Waals surface area contributed by atoms with E-state index in [0.717, 1.165) is 36.4 Å². The van der Waals surface area contributed by atoms with Gasteiger partial charge in [0.15, 0.2) is 0 Å². The number of aliphatic hydroxyl groups excluding tert-OH is 1. The van der Waals surface area contributed by atoms with E-state index < -0.39 is 0 Å². The molecule has 0 saturated carbocycles. The third-order valence-electron chi connectivity index (χ3n) is 3.67. The van der Waals surface area contributed by atoms with Crippen LogP contribution in [0.1, 0.15) is 30.2 Å². The predicted molar refractivity (Wildman–Crippen MR) is 98.7 cm³/mol. The molecule has 0 radical (unpaired) electrons. The van der Waals surface area contributed by atoms with Gasteiger partial charge in [-0.2, -0.15) is 0 Å². The van der Waals surface area contributed by atoms with Gasteiger partial charge in [-0.1, -0.05) is 31.5 Å². The number of thiophene rings is 1. The van der Waals surface area contributed by atoms with Crippen LogP contribution in [0.2, 0.25) is 0 Å². The van der Waals surface area contributed by atoms with Crippen LogP contribution in [-0.2, 0) is 6.42 Å². The fourth-order valence-corrected chi connectivity index (χ4v) is 3.09. The van der Waals surface area contributed by atoms with E-state index in [-0.39, 0.29) is 12.6 Å². The van der Waals surface area contributed by atoms with E-state index in [1.165, 1.54) is 5.56 Å². The van der Waals surface area contributed by atoms with E-state index in [4.69, 9.17) is 5.41 Å². The highest BCUT2D eigenvalue weighted by molar-refractivity contribution is 7.12. The fourth-order valence-electron chi connectivity index (χ4n) is 2.46. The van der Waals surface area contributed by atoms with Gasteiger partial charge in [0.2, 0.25) is 0 Å². The molecule has 0 fully saturated rings. The molecule has 0 bridgehead atoms. The Labute approximate surface area is 142 Å². The van der Waals surface area contributed by atoms with Gasteiger partial charge in [0, 0.05) is 11.7 Å². The second-order valence-electron chi connectivity index (χ2n) is 5.55. The predicted octanol–water partition coefficient (Wildman–Crippen LogP) is 3.48. The van der Waals surface area contributed by atoms with Gasteiger partial charge in [0.1, 0.15) is 5.84 Å². The molecule has 4 N–H and O–H groups in total. The zero-order valence-corrected chi connectivity index (χ0v) is 14.3. The molecule has 2 aromatic rings. The van der Waals surface area contributed by atoms with Crippen LogP contribution in [-0.4, -0.2) is 30.1 Å². The summed E-state index contributed by atoms with van der Waals surface area (Å²) in [5.74, 6) is 0.429. The highest BCUT2D eigenvalue weighted by Gasteiger charge is 2.06. The smallest absolute Gasteiger partial charge is 0.140 e. The van der Waals surface area contributed by atoms with Gasteiger partial charge in [-0.05, 0) is 48.5 Å². The molecular weight excluding hydrogens is 306 g/mol. The standard InChI is InChI=1S/C18H25N3OS/c1-2-5-16(13-22)20-10-9-14-6-3-7-15(12-14)21-18(19)17-8-4-11-23-17/h3-4,6-8,11-12,16,20,22H,2,5,9-10,13H2,1H3,(H2,19,21). The molecule has 0 aliphatic carbocycles. The van der Waals surface area contributed by atoms with Crippen molar-refractivity contribution in [2.24, 2.45) is 0 Å². The van der Waals surface area contributed by atoms with Crippen molar-refractivity contribution in [1.29, 1.82) is 5.41 Å². The molecule has 0 saturated heterocycles. The van der Waals surface area contributed by atoms with Gasteiger partial charge in [-0.3, -0.25) is 5.41 Å². The van der Waals surface area contributed by atoms with E-state index in [1.807, 2.05) is 29.6 Å². The average Bonchev–Trinajstić information content (AvgIpc) is 3.09. The molecule has 1 aromatic carbocycles. The quantitative estimate of drug-likeness (QED) is 0.420. The van der Waals surface area contributed by atoms with Crippen LogP contribution in [0.3, 0.4) is 0 Å². The highest BCUT2D eigenvalue weighted by atomic mass is 32.1. The van der Waals surface area contributed by atoms with Gasteiger partial charge in [-0.15, -0.1) is 11.3 Å². The first-order chi connectivity index (χ1) is 11.2. The maximum Gasteiger partial charge on any atom is 0.140 e. The summed E-state index contributed by atoms with van der Waals surface area (Å²) in [6, 6.07) is 12.2. The number of aliphatic hydroxyl groups is 1. The lowest BCUT2D eigenvalue weighted by Gasteiger charge is -2.15. The number of amidine groups is 1. The van der Waals surface area contributed by atoms with Crippen LogP contribution >= 0.6 is 11.3 Å². The molecule has 1 heterocycles. The minimum Gasteiger partial charge on any atom is -0.395 e. The molecule has 0 aliphatic heterocycles. The van der Waals surface area contributed by atoms with E-state index in [0.29, 0.717) is 5.84 Å². The van der Waals surface area contributed by atoms with E-state index >= 15 is 0 Å². The molecule has 124 valence electrons. The molecule has 1 atom stereocenters. The highest BCUT2D eigenvalue weighted by Crippen LogP contribution is 2.15.